The molecule has 0 saturated heterocycles. The molecular weight excluding hydrogens is 356 g/mol. The van der Waals surface area contributed by atoms with E-state index in [0.29, 0.717) is 16.9 Å². The van der Waals surface area contributed by atoms with Crippen molar-refractivity contribution in [3.8, 4) is 18.1 Å². The molecule has 0 bridgehead atoms. The van der Waals surface area contributed by atoms with Crippen molar-refractivity contribution >= 4 is 27.5 Å². The molecule has 0 fully saturated rings. The van der Waals surface area contributed by atoms with Crippen LogP contribution in [0.25, 0.3) is 10.2 Å². The Morgan fingerprint density at radius 3 is 2.59 bits per heavy atom. The Balaban J connectivity index is 2.04. The molecule has 27 heavy (non-hydrogen) atoms. The van der Waals surface area contributed by atoms with E-state index < -0.39 is 0 Å². The third-order valence-electron chi connectivity index (χ3n) is 4.03. The minimum absolute atomic E-state index is 0.0872. The molecule has 1 amide bonds. The van der Waals surface area contributed by atoms with Crippen molar-refractivity contribution < 1.29 is 9.53 Å². The second-order valence-corrected chi connectivity index (χ2v) is 7.72. The number of carbonyl (C=O) groups is 1. The normalized spacial score (nSPS) is 11.8. The highest BCUT2D eigenvalue weighted by Gasteiger charge is 2.11. The summed E-state index contributed by atoms with van der Waals surface area (Å²) in [5.41, 5.74) is 3.85. The van der Waals surface area contributed by atoms with Crippen LogP contribution in [0.15, 0.2) is 41.4 Å². The minimum atomic E-state index is -0.294. The summed E-state index contributed by atoms with van der Waals surface area (Å²) in [6, 6.07) is 11.3. The summed E-state index contributed by atoms with van der Waals surface area (Å²) in [6.07, 6.45) is 5.64. The average molecular weight is 378 g/mol. The van der Waals surface area contributed by atoms with Gasteiger partial charge in [0.1, 0.15) is 5.75 Å². The van der Waals surface area contributed by atoms with Crippen molar-refractivity contribution in [2.45, 2.75) is 40.3 Å². The lowest BCUT2D eigenvalue weighted by Gasteiger charge is -2.09. The molecule has 0 aliphatic carbocycles. The number of hydrogen-bond donors (Lipinski definition) is 0. The summed E-state index contributed by atoms with van der Waals surface area (Å²) >= 11 is 1.48. The number of carbonyl (C=O) groups excluding carboxylic acids is 1. The number of ether oxygens (including phenoxy) is 1. The Bertz CT molecular complexity index is 1100. The summed E-state index contributed by atoms with van der Waals surface area (Å²) in [6.45, 7) is 8.40. The number of amides is 1. The Hall–Kier alpha value is -2.84. The molecule has 0 spiro atoms. The maximum atomic E-state index is 12.7. The number of hydrogen-bond acceptors (Lipinski definition) is 3. The predicted octanol–water partition coefficient (Wildman–Crippen LogP) is 4.48. The van der Waals surface area contributed by atoms with E-state index in [-0.39, 0.29) is 12.0 Å². The van der Waals surface area contributed by atoms with E-state index in [0.717, 1.165) is 21.5 Å². The van der Waals surface area contributed by atoms with E-state index >= 15 is 0 Å². The van der Waals surface area contributed by atoms with Crippen LogP contribution in [0, 0.1) is 26.2 Å². The van der Waals surface area contributed by atoms with Gasteiger partial charge in [-0.2, -0.15) is 4.99 Å². The zero-order chi connectivity index (χ0) is 19.6. The van der Waals surface area contributed by atoms with Gasteiger partial charge in [-0.1, -0.05) is 23.3 Å². The van der Waals surface area contributed by atoms with Crippen LogP contribution in [0.2, 0.25) is 0 Å². The number of fused-ring (bicyclic) bond motifs is 1. The Morgan fingerprint density at radius 2 is 1.96 bits per heavy atom. The Kier molecular flexibility index (Phi) is 5.48. The van der Waals surface area contributed by atoms with Gasteiger partial charge in [0, 0.05) is 5.56 Å². The van der Waals surface area contributed by atoms with Gasteiger partial charge in [0.25, 0.3) is 5.91 Å². The molecule has 5 heteroatoms. The van der Waals surface area contributed by atoms with E-state index in [1.165, 1.54) is 16.9 Å². The molecule has 0 unspecified atom stereocenters. The first-order chi connectivity index (χ1) is 12.9. The number of nitrogens with zero attached hydrogens (tertiary/aromatic N) is 2. The second kappa shape index (κ2) is 7.81. The summed E-state index contributed by atoms with van der Waals surface area (Å²) in [5, 5.41) is 0. The van der Waals surface area contributed by atoms with Crippen LogP contribution >= 0.6 is 11.3 Å². The van der Waals surface area contributed by atoms with E-state index in [9.17, 15) is 4.79 Å². The number of terminal acetylenes is 1. The molecule has 0 N–H and O–H groups in total. The van der Waals surface area contributed by atoms with Crippen molar-refractivity contribution in [1.29, 1.82) is 0 Å². The van der Waals surface area contributed by atoms with Gasteiger partial charge in [-0.15, -0.1) is 6.42 Å². The van der Waals surface area contributed by atoms with Crippen LogP contribution in [-0.4, -0.2) is 16.6 Å². The largest absolute Gasteiger partial charge is 0.491 e. The fourth-order valence-corrected chi connectivity index (χ4v) is 4.22. The number of thiazole rings is 1. The van der Waals surface area contributed by atoms with Crippen molar-refractivity contribution in [2.75, 3.05) is 0 Å². The molecule has 3 aromatic rings. The van der Waals surface area contributed by atoms with E-state index in [2.05, 4.69) is 30.0 Å². The summed E-state index contributed by atoms with van der Waals surface area (Å²) in [4.78, 5) is 17.6. The van der Waals surface area contributed by atoms with Gasteiger partial charge in [-0.05, 0) is 69.2 Å². The van der Waals surface area contributed by atoms with Gasteiger partial charge < -0.3 is 9.30 Å². The lowest BCUT2D eigenvalue weighted by molar-refractivity contribution is 0.0998. The molecule has 0 atom stereocenters. The standard InChI is InChI=1S/C22H22N2O2S/c1-6-11-24-20-16(5)12-15(4)13-19(20)27-22(24)23-21(25)17-7-9-18(10-8-17)26-14(2)3/h1,7-10,12-14H,11H2,2-5H3. The lowest BCUT2D eigenvalue weighted by atomic mass is 10.1. The smallest absolute Gasteiger partial charge is 0.279 e. The number of rotatable bonds is 4. The summed E-state index contributed by atoms with van der Waals surface area (Å²) in [5.74, 6) is 3.10. The van der Waals surface area contributed by atoms with Crippen molar-refractivity contribution in [1.82, 2.24) is 4.57 Å². The lowest BCUT2D eigenvalue weighted by Crippen LogP contribution is -2.17. The first kappa shape index (κ1) is 18.9. The van der Waals surface area contributed by atoms with Crippen LogP contribution in [0.3, 0.4) is 0 Å². The van der Waals surface area contributed by atoms with Crippen LogP contribution in [-0.2, 0) is 6.54 Å². The number of benzene rings is 2. The van der Waals surface area contributed by atoms with Crippen LogP contribution in [0.1, 0.15) is 35.3 Å². The predicted molar refractivity (Wildman–Crippen MR) is 110 cm³/mol. The molecule has 0 aliphatic rings. The average Bonchev–Trinajstić information content (AvgIpc) is 2.92. The van der Waals surface area contributed by atoms with Crippen LogP contribution in [0.5, 0.6) is 5.75 Å². The molecule has 2 aromatic carbocycles. The molecular formula is C22H22N2O2S. The first-order valence-corrected chi connectivity index (χ1v) is 9.60. The van der Waals surface area contributed by atoms with Gasteiger partial charge in [-0.3, -0.25) is 4.79 Å². The van der Waals surface area contributed by atoms with Crippen LogP contribution < -0.4 is 9.54 Å². The number of aryl methyl sites for hydroxylation is 2. The minimum Gasteiger partial charge on any atom is -0.491 e. The van der Waals surface area contributed by atoms with Crippen molar-refractivity contribution in [3.63, 3.8) is 0 Å². The maximum absolute atomic E-state index is 12.7. The molecule has 0 radical (unpaired) electrons. The highest BCUT2D eigenvalue weighted by molar-refractivity contribution is 7.16. The van der Waals surface area contributed by atoms with Gasteiger partial charge in [0.15, 0.2) is 4.80 Å². The van der Waals surface area contributed by atoms with Crippen LogP contribution in [0.4, 0.5) is 0 Å². The van der Waals surface area contributed by atoms with Gasteiger partial charge >= 0.3 is 0 Å². The molecule has 1 heterocycles. The first-order valence-electron chi connectivity index (χ1n) is 8.79. The zero-order valence-corrected chi connectivity index (χ0v) is 16.8. The SMILES string of the molecule is C#CCn1c(=NC(=O)c2ccc(OC(C)C)cc2)sc2cc(C)cc(C)c21. The fourth-order valence-electron chi connectivity index (χ4n) is 3.01. The van der Waals surface area contributed by atoms with E-state index in [1.54, 1.807) is 24.3 Å². The topological polar surface area (TPSA) is 43.6 Å². The van der Waals surface area contributed by atoms with E-state index in [4.69, 9.17) is 11.2 Å². The highest BCUT2D eigenvalue weighted by atomic mass is 32.1. The third kappa shape index (κ3) is 4.12. The summed E-state index contributed by atoms with van der Waals surface area (Å²) in [7, 11) is 0. The monoisotopic (exact) mass is 378 g/mol. The molecule has 4 nitrogen and oxygen atoms in total. The fraction of sp³-hybridized carbons (Fsp3) is 0.273. The summed E-state index contributed by atoms with van der Waals surface area (Å²) < 4.78 is 8.63. The molecule has 0 aliphatic heterocycles. The Morgan fingerprint density at radius 1 is 1.26 bits per heavy atom. The quantitative estimate of drug-likeness (QED) is 0.628. The van der Waals surface area contributed by atoms with E-state index in [1.807, 2.05) is 25.3 Å². The third-order valence-corrected chi connectivity index (χ3v) is 5.06. The highest BCUT2D eigenvalue weighted by Crippen LogP contribution is 2.23. The molecule has 1 aromatic heterocycles. The maximum Gasteiger partial charge on any atom is 0.279 e. The van der Waals surface area contributed by atoms with Gasteiger partial charge in [-0.25, -0.2) is 0 Å². The zero-order valence-electron chi connectivity index (χ0n) is 15.9. The van der Waals surface area contributed by atoms with Crippen molar-refractivity contribution in [3.05, 3.63) is 57.9 Å². The molecule has 0 saturated carbocycles. The van der Waals surface area contributed by atoms with Gasteiger partial charge in [0.2, 0.25) is 0 Å². The van der Waals surface area contributed by atoms with Gasteiger partial charge in [0.05, 0.1) is 22.9 Å². The molecule has 3 rings (SSSR count). The second-order valence-electron chi connectivity index (χ2n) is 6.71. The number of aromatic nitrogens is 1. The molecule has 138 valence electrons. The Labute approximate surface area is 163 Å². The van der Waals surface area contributed by atoms with Crippen molar-refractivity contribution in [2.24, 2.45) is 4.99 Å².